The molecule has 4 rings (SSSR count). The molecule has 2 heterocycles. The molecule has 164 valence electrons. The molecule has 0 radical (unpaired) electrons. The number of Topliss-reactive ketones (excluding diaryl/α,β-unsaturated/α-hetero) is 1. The number of carbonyl (C=O) groups excluding carboxylic acids is 4. The first kappa shape index (κ1) is 21.3. The fraction of sp³-hybridized carbons (Fsp3) is 0.250. The van der Waals surface area contributed by atoms with Gasteiger partial charge in [0.25, 0.3) is 23.5 Å². The van der Waals surface area contributed by atoms with Crippen LogP contribution in [-0.2, 0) is 4.79 Å². The van der Waals surface area contributed by atoms with Gasteiger partial charge in [-0.3, -0.25) is 19.2 Å². The number of ketones is 1. The zero-order valence-electron chi connectivity index (χ0n) is 17.9. The summed E-state index contributed by atoms with van der Waals surface area (Å²) in [5.41, 5.74) is 1.74. The number of H-pyrrole nitrogens is 1. The summed E-state index contributed by atoms with van der Waals surface area (Å²) in [5.74, 6) is -1.62. The van der Waals surface area contributed by atoms with E-state index in [4.69, 9.17) is 0 Å². The Morgan fingerprint density at radius 1 is 0.969 bits per heavy atom. The number of carbonyl (C=O) groups is 4. The van der Waals surface area contributed by atoms with E-state index in [9.17, 15) is 19.2 Å². The highest BCUT2D eigenvalue weighted by atomic mass is 16.2. The van der Waals surface area contributed by atoms with Gasteiger partial charge < -0.3 is 20.1 Å². The molecule has 32 heavy (non-hydrogen) atoms. The van der Waals surface area contributed by atoms with Crippen LogP contribution in [0.15, 0.2) is 54.7 Å². The topological polar surface area (TPSA) is 103 Å². The minimum Gasteiger partial charge on any atom is -0.360 e. The van der Waals surface area contributed by atoms with Crippen LogP contribution < -0.4 is 5.32 Å². The average Bonchev–Trinajstić information content (AvgIpc) is 3.27. The standard InChI is InChI=1S/C24H24N4O4/c1-15-14-27(23(31)16-7-4-3-5-8-16)11-12-28(15)24(32)21(29)19-13-26-20-17(19)9-6-10-18(20)22(30)25-2/h3-10,13,15,26H,11-12,14H2,1-2H3,(H,25,30). The molecule has 8 heteroatoms. The molecule has 1 aliphatic heterocycles. The first-order valence-corrected chi connectivity index (χ1v) is 10.4. The summed E-state index contributed by atoms with van der Waals surface area (Å²) in [6.45, 7) is 2.80. The molecular weight excluding hydrogens is 408 g/mol. The molecule has 1 aromatic heterocycles. The van der Waals surface area contributed by atoms with Crippen LogP contribution in [0.2, 0.25) is 0 Å². The van der Waals surface area contributed by atoms with Gasteiger partial charge in [-0.15, -0.1) is 0 Å². The van der Waals surface area contributed by atoms with E-state index in [1.54, 1.807) is 35.2 Å². The van der Waals surface area contributed by atoms with Crippen molar-refractivity contribution in [2.45, 2.75) is 13.0 Å². The first-order chi connectivity index (χ1) is 15.4. The van der Waals surface area contributed by atoms with Crippen molar-refractivity contribution < 1.29 is 19.2 Å². The van der Waals surface area contributed by atoms with E-state index in [0.29, 0.717) is 35.1 Å². The van der Waals surface area contributed by atoms with Crippen molar-refractivity contribution in [3.63, 3.8) is 0 Å². The van der Waals surface area contributed by atoms with Crippen LogP contribution in [0.3, 0.4) is 0 Å². The second-order valence-corrected chi connectivity index (χ2v) is 7.80. The predicted molar refractivity (Wildman–Crippen MR) is 120 cm³/mol. The largest absolute Gasteiger partial charge is 0.360 e. The van der Waals surface area contributed by atoms with Gasteiger partial charge in [0, 0.05) is 49.9 Å². The van der Waals surface area contributed by atoms with E-state index < -0.39 is 11.7 Å². The summed E-state index contributed by atoms with van der Waals surface area (Å²) in [5, 5.41) is 3.09. The number of fused-ring (bicyclic) bond motifs is 1. The molecule has 2 aromatic carbocycles. The van der Waals surface area contributed by atoms with Crippen LogP contribution in [0.5, 0.6) is 0 Å². The normalized spacial score (nSPS) is 16.1. The first-order valence-electron chi connectivity index (χ1n) is 10.4. The summed E-state index contributed by atoms with van der Waals surface area (Å²) in [6.07, 6.45) is 1.47. The molecule has 1 aliphatic rings. The van der Waals surface area contributed by atoms with Crippen molar-refractivity contribution in [3.05, 3.63) is 71.4 Å². The highest BCUT2D eigenvalue weighted by molar-refractivity contribution is 6.45. The monoisotopic (exact) mass is 432 g/mol. The van der Waals surface area contributed by atoms with Crippen LogP contribution in [0.4, 0.5) is 0 Å². The lowest BCUT2D eigenvalue weighted by molar-refractivity contribution is -0.130. The number of amides is 3. The summed E-state index contributed by atoms with van der Waals surface area (Å²) in [6, 6.07) is 13.7. The Bertz CT molecular complexity index is 1200. The number of nitrogens with one attached hydrogen (secondary N) is 2. The fourth-order valence-corrected chi connectivity index (χ4v) is 4.12. The van der Waals surface area contributed by atoms with E-state index in [1.807, 2.05) is 25.1 Å². The number of piperazine rings is 1. The number of aromatic nitrogens is 1. The summed E-state index contributed by atoms with van der Waals surface area (Å²) >= 11 is 0. The maximum Gasteiger partial charge on any atom is 0.295 e. The molecule has 0 aliphatic carbocycles. The third kappa shape index (κ3) is 3.75. The third-order valence-corrected chi connectivity index (χ3v) is 5.82. The minimum atomic E-state index is -0.639. The predicted octanol–water partition coefficient (Wildman–Crippen LogP) is 2.08. The molecule has 3 aromatic rings. The van der Waals surface area contributed by atoms with Crippen molar-refractivity contribution in [2.24, 2.45) is 0 Å². The second kappa shape index (κ2) is 8.66. The van der Waals surface area contributed by atoms with Gasteiger partial charge in [-0.05, 0) is 25.1 Å². The van der Waals surface area contributed by atoms with Crippen molar-refractivity contribution in [1.29, 1.82) is 0 Å². The molecule has 1 saturated heterocycles. The van der Waals surface area contributed by atoms with Gasteiger partial charge >= 0.3 is 0 Å². The molecule has 1 atom stereocenters. The molecule has 1 fully saturated rings. The van der Waals surface area contributed by atoms with Crippen LogP contribution in [0, 0.1) is 0 Å². The number of benzene rings is 2. The van der Waals surface area contributed by atoms with E-state index in [-0.39, 0.29) is 30.0 Å². The highest BCUT2D eigenvalue weighted by Crippen LogP contribution is 2.24. The number of para-hydroxylation sites is 1. The molecule has 0 saturated carbocycles. The summed E-state index contributed by atoms with van der Waals surface area (Å²) in [4.78, 5) is 57.1. The van der Waals surface area contributed by atoms with E-state index in [1.165, 1.54) is 18.1 Å². The third-order valence-electron chi connectivity index (χ3n) is 5.82. The highest BCUT2D eigenvalue weighted by Gasteiger charge is 2.34. The maximum absolute atomic E-state index is 13.1. The number of rotatable bonds is 4. The van der Waals surface area contributed by atoms with Crippen LogP contribution in [0.1, 0.15) is 38.0 Å². The molecule has 2 N–H and O–H groups in total. The zero-order chi connectivity index (χ0) is 22.8. The number of nitrogens with zero attached hydrogens (tertiary/aromatic N) is 2. The maximum atomic E-state index is 13.1. The number of hydrogen-bond acceptors (Lipinski definition) is 4. The van der Waals surface area contributed by atoms with Gasteiger partial charge in [-0.1, -0.05) is 30.3 Å². The Morgan fingerprint density at radius 3 is 2.41 bits per heavy atom. The smallest absolute Gasteiger partial charge is 0.295 e. The molecule has 0 spiro atoms. The van der Waals surface area contributed by atoms with E-state index >= 15 is 0 Å². The van der Waals surface area contributed by atoms with E-state index in [2.05, 4.69) is 10.3 Å². The van der Waals surface area contributed by atoms with Gasteiger partial charge in [0.05, 0.1) is 16.6 Å². The lowest BCUT2D eigenvalue weighted by atomic mass is 10.0. The van der Waals surface area contributed by atoms with Gasteiger partial charge in [0.15, 0.2) is 0 Å². The molecule has 8 nitrogen and oxygen atoms in total. The minimum absolute atomic E-state index is 0.0887. The van der Waals surface area contributed by atoms with Gasteiger partial charge in [0.2, 0.25) is 0 Å². The van der Waals surface area contributed by atoms with Crippen molar-refractivity contribution in [2.75, 3.05) is 26.7 Å². The Labute approximate surface area is 185 Å². The lowest BCUT2D eigenvalue weighted by Crippen LogP contribution is -2.56. The Hall–Kier alpha value is -3.94. The van der Waals surface area contributed by atoms with Crippen LogP contribution in [-0.4, -0.2) is 71.0 Å². The summed E-state index contributed by atoms with van der Waals surface area (Å²) < 4.78 is 0. The Morgan fingerprint density at radius 2 is 1.72 bits per heavy atom. The lowest BCUT2D eigenvalue weighted by Gasteiger charge is -2.39. The Balaban J connectivity index is 1.51. The molecular formula is C24H24N4O4. The van der Waals surface area contributed by atoms with Crippen molar-refractivity contribution >= 4 is 34.4 Å². The van der Waals surface area contributed by atoms with Crippen LogP contribution in [0.25, 0.3) is 10.9 Å². The van der Waals surface area contributed by atoms with Gasteiger partial charge in [0.1, 0.15) is 0 Å². The van der Waals surface area contributed by atoms with E-state index in [0.717, 1.165) is 0 Å². The molecule has 3 amide bonds. The number of hydrogen-bond donors (Lipinski definition) is 2. The zero-order valence-corrected chi connectivity index (χ0v) is 17.9. The van der Waals surface area contributed by atoms with Gasteiger partial charge in [-0.25, -0.2) is 0 Å². The number of aromatic amines is 1. The SMILES string of the molecule is CNC(=O)c1cccc2c(C(=O)C(=O)N3CCN(C(=O)c4ccccc4)CC3C)c[nH]c12. The Kier molecular flexibility index (Phi) is 5.77. The quantitative estimate of drug-likeness (QED) is 0.487. The van der Waals surface area contributed by atoms with Crippen molar-refractivity contribution in [1.82, 2.24) is 20.1 Å². The average molecular weight is 432 g/mol. The van der Waals surface area contributed by atoms with Crippen LogP contribution >= 0.6 is 0 Å². The van der Waals surface area contributed by atoms with Gasteiger partial charge in [-0.2, -0.15) is 0 Å². The molecule has 1 unspecified atom stereocenters. The summed E-state index contributed by atoms with van der Waals surface area (Å²) in [7, 11) is 1.53. The van der Waals surface area contributed by atoms with Crippen molar-refractivity contribution in [3.8, 4) is 0 Å². The molecule has 0 bridgehead atoms. The second-order valence-electron chi connectivity index (χ2n) is 7.80. The fourth-order valence-electron chi connectivity index (χ4n) is 4.12.